The minimum absolute atomic E-state index is 0.0146. The van der Waals surface area contributed by atoms with Crippen molar-refractivity contribution in [2.45, 2.75) is 175 Å². The number of phenolic OH excluding ortho intramolecular Hbond substituents is 1. The number of phenols is 1. The van der Waals surface area contributed by atoms with Crippen molar-refractivity contribution in [3.63, 3.8) is 0 Å². The van der Waals surface area contributed by atoms with Gasteiger partial charge in [-0.2, -0.15) is 13.2 Å². The summed E-state index contributed by atoms with van der Waals surface area (Å²) in [6.07, 6.45) is -0.641. The van der Waals surface area contributed by atoms with Crippen LogP contribution in [0.25, 0.3) is 0 Å². The predicted octanol–water partition coefficient (Wildman–Crippen LogP) is 24.1. The molecular formula is C111H107F8IO7S3+2. The number of rotatable bonds is 13. The molecule has 7 nitrogen and oxygen atoms in total. The highest BCUT2D eigenvalue weighted by atomic mass is 127. The third kappa shape index (κ3) is 28.3. The lowest BCUT2D eigenvalue weighted by molar-refractivity contribution is -0.597. The zero-order chi connectivity index (χ0) is 94.1. The number of aromatic hydroxyl groups is 1. The van der Waals surface area contributed by atoms with Crippen molar-refractivity contribution in [3.8, 4) is 11.5 Å². The van der Waals surface area contributed by atoms with Crippen LogP contribution in [0.4, 0.5) is 35.1 Å². The summed E-state index contributed by atoms with van der Waals surface area (Å²) in [4.78, 5) is 45.3. The molecule has 2 atom stereocenters. The van der Waals surface area contributed by atoms with Crippen molar-refractivity contribution in [1.29, 1.82) is 0 Å². The Morgan fingerprint density at radius 2 is 0.654 bits per heavy atom. The summed E-state index contributed by atoms with van der Waals surface area (Å²) >= 11 is -0.151. The van der Waals surface area contributed by atoms with E-state index in [1.165, 1.54) is 98.6 Å². The molecule has 130 heavy (non-hydrogen) atoms. The van der Waals surface area contributed by atoms with E-state index < -0.39 is 63.7 Å². The maximum absolute atomic E-state index is 12.6. The van der Waals surface area contributed by atoms with Gasteiger partial charge in [-0.25, -0.2) is 26.7 Å². The maximum Gasteiger partial charge on any atom is 0.416 e. The first-order valence-corrected chi connectivity index (χ1v) is 48.3. The molecule has 0 radical (unpaired) electrons. The second-order valence-corrected chi connectivity index (χ2v) is 43.8. The van der Waals surface area contributed by atoms with Gasteiger partial charge >= 0.3 is 33.4 Å². The zero-order valence-corrected chi connectivity index (χ0v) is 79.0. The number of carbonyl (C=O) groups is 3. The van der Waals surface area contributed by atoms with E-state index in [9.17, 15) is 59.7 Å². The van der Waals surface area contributed by atoms with Crippen LogP contribution in [0.1, 0.15) is 138 Å². The molecule has 4 aliphatic carbocycles. The Balaban J connectivity index is 0.000000159. The minimum Gasteiger partial charge on any atom is -0.868 e. The van der Waals surface area contributed by atoms with Gasteiger partial charge in [0.05, 0.1) is 38.2 Å². The first kappa shape index (κ1) is 101. The summed E-state index contributed by atoms with van der Waals surface area (Å²) in [5.74, 6) is -13.8. The van der Waals surface area contributed by atoms with Crippen LogP contribution in [0.5, 0.6) is 11.5 Å². The fourth-order valence-corrected chi connectivity index (χ4v) is 23.5. The van der Waals surface area contributed by atoms with Gasteiger partial charge in [0.15, 0.2) is 74.5 Å². The molecule has 0 aliphatic heterocycles. The van der Waals surface area contributed by atoms with E-state index in [4.69, 9.17) is 10.2 Å². The molecule has 4 saturated carbocycles. The van der Waals surface area contributed by atoms with Crippen LogP contribution >= 0.6 is 0 Å². The van der Waals surface area contributed by atoms with Crippen LogP contribution in [-0.2, 0) is 64.7 Å². The van der Waals surface area contributed by atoms with Crippen molar-refractivity contribution < 1.29 is 91.1 Å². The number of carboxylic acids is 2. The minimum atomic E-state index is -4.38. The Morgan fingerprint density at radius 3 is 0.915 bits per heavy atom. The molecule has 672 valence electrons. The Hall–Kier alpha value is -11.5. The number of halogens is 9. The van der Waals surface area contributed by atoms with Crippen LogP contribution in [0.3, 0.4) is 0 Å². The van der Waals surface area contributed by atoms with Gasteiger partial charge in [0, 0.05) is 23.2 Å². The maximum atomic E-state index is 12.6. The SMILES string of the molecule is CC(C)(C)c1ccc([S+](c2ccc(C(C)(C)C)cc2)c2ccc(C(C)(C)C)cc2)cc1.Cc1ccc(C(F)(F)F)cc1O.Cc1ccccc1.Fc1ccc([I+]c2ccccc2)cc1.O=C(O)c1c(F)c(F)c([O-])c(F)c1F.O=C1C2CC3CC1CC(C(=O)[O-])(C3)C2.c1ccc([S+](c2ccccc2)c2ccccc2)cc1.c1ccc([S+](c2ccccc2)c2ccccc2)cc1. The zero-order valence-electron chi connectivity index (χ0n) is 74.4. The molecule has 0 aromatic heterocycles. The summed E-state index contributed by atoms with van der Waals surface area (Å²) < 4.78 is 101. The number of aliphatic carboxylic acids is 1. The highest BCUT2D eigenvalue weighted by molar-refractivity contribution is 7.97. The lowest BCUT2D eigenvalue weighted by Gasteiger charge is -2.56. The van der Waals surface area contributed by atoms with Gasteiger partial charge in [-0.3, -0.25) is 4.79 Å². The van der Waals surface area contributed by atoms with Gasteiger partial charge in [-0.1, -0.05) is 268 Å². The first-order valence-electron chi connectivity index (χ1n) is 42.5. The van der Waals surface area contributed by atoms with E-state index in [0.29, 0.717) is 30.1 Å². The van der Waals surface area contributed by atoms with Crippen LogP contribution in [-0.4, -0.2) is 27.9 Å². The molecule has 0 heterocycles. The molecule has 14 aromatic rings. The third-order valence-electron chi connectivity index (χ3n) is 21.8. The van der Waals surface area contributed by atoms with Crippen molar-refractivity contribution in [2.24, 2.45) is 23.2 Å². The number of aromatic carboxylic acids is 1. The quantitative estimate of drug-likeness (QED) is 0.0507. The lowest BCUT2D eigenvalue weighted by Crippen LogP contribution is -3.61. The predicted molar refractivity (Wildman–Crippen MR) is 499 cm³/mol. The number of Topliss-reactive ketones (excluding diaryl/α,β-unsaturated/α-hetero) is 1. The number of alkyl halides is 3. The van der Waals surface area contributed by atoms with E-state index >= 15 is 0 Å². The van der Waals surface area contributed by atoms with E-state index in [2.05, 4.69) is 348 Å². The van der Waals surface area contributed by atoms with Gasteiger partial charge in [0.1, 0.15) is 22.9 Å². The summed E-state index contributed by atoms with van der Waals surface area (Å²) in [6.45, 7) is 24.1. The molecule has 0 spiro atoms. The monoisotopic (exact) mass is 1930 g/mol. The van der Waals surface area contributed by atoms with Crippen LogP contribution < -0.4 is 31.4 Å². The molecule has 19 heteroatoms. The smallest absolute Gasteiger partial charge is 0.416 e. The summed E-state index contributed by atoms with van der Waals surface area (Å²) in [6, 6.07) is 122. The summed E-state index contributed by atoms with van der Waals surface area (Å²) in [7, 11) is -0.149. The van der Waals surface area contributed by atoms with Crippen LogP contribution in [0, 0.1) is 73.2 Å². The Morgan fingerprint density at radius 1 is 0.377 bits per heavy atom. The van der Waals surface area contributed by atoms with E-state index in [-0.39, 0.29) is 93.5 Å². The van der Waals surface area contributed by atoms with Crippen molar-refractivity contribution >= 4 is 50.4 Å². The molecule has 2 N–H and O–H groups in total. The Kier molecular flexibility index (Phi) is 35.9. The Labute approximate surface area is 778 Å². The Bertz CT molecular complexity index is 5430. The molecule has 4 fully saturated rings. The molecule has 2 unspecified atom stereocenters. The van der Waals surface area contributed by atoms with E-state index in [1.54, 1.807) is 0 Å². The number of carboxylic acid groups (broad SMARTS) is 2. The molecule has 4 bridgehead atoms. The van der Waals surface area contributed by atoms with Crippen LogP contribution in [0.15, 0.2) is 402 Å². The molecule has 4 aliphatic rings. The molecule has 0 amide bonds. The molecule has 14 aromatic carbocycles. The molecule has 18 rings (SSSR count). The second kappa shape index (κ2) is 46.4. The molecule has 0 saturated heterocycles. The lowest BCUT2D eigenvalue weighted by atomic mass is 9.49. The normalized spacial score (nSPS) is 15.3. The summed E-state index contributed by atoms with van der Waals surface area (Å²) in [5.41, 5.74) is 3.11. The van der Waals surface area contributed by atoms with E-state index in [0.717, 1.165) is 31.4 Å². The van der Waals surface area contributed by atoms with Gasteiger partial charge in [0.25, 0.3) is 0 Å². The van der Waals surface area contributed by atoms with Crippen molar-refractivity contribution in [3.05, 3.63) is 433 Å². The number of carbonyl (C=O) groups excluding carboxylic acids is 2. The standard InChI is InChI=1S/C30H39S.2C18H15S.C12H9FI.C11H14O3.C8H7F3O.C7H2F4O3.C7H8/c1-28(2,3)22-10-16-25(17-11-22)31(26-18-12-23(13-19-26)29(4,5)6)27-20-14-24(15-21-27)30(7,8)9;2*1-4-10-16(11-5-1)19(17-12-6-2-7-13-17)18-14-8-3-9-15-18;13-10-6-8-12(9-7-10)14-11-4-2-1-3-5-11;12-9-7-1-6-2-8(9)5-11(3-6,4-7)10(13)14;1-5-2-3-6(4-7(5)12)8(9,10)11;8-2-1(7(13)14)3(9)5(11)6(12)4(2)10;1-7-5-3-2-4-6-7/h10-21H,1-9H3;2*1-15H;1-9H;6-8H,1-5H2,(H,13,14);2-4,12H,1H3;12H,(H,13,14);2-6H,1H3/q4*+1;;;;/p-2. The number of hydrogen-bond acceptors (Lipinski definition) is 6. The highest BCUT2D eigenvalue weighted by Crippen LogP contribution is 2.58. The van der Waals surface area contributed by atoms with Gasteiger partial charge in [0.2, 0.25) is 0 Å². The number of benzene rings is 14. The fraction of sp³-hybridized carbons (Fsp3) is 0.216. The first-order chi connectivity index (χ1) is 61.8. The van der Waals surface area contributed by atoms with Gasteiger partial charge < -0.3 is 25.2 Å². The van der Waals surface area contributed by atoms with Crippen LogP contribution in [0.2, 0.25) is 0 Å². The van der Waals surface area contributed by atoms with E-state index in [1.807, 2.05) is 48.5 Å². The fourth-order valence-electron chi connectivity index (χ4n) is 15.0. The average Bonchev–Trinajstić information content (AvgIpc) is 0.729. The van der Waals surface area contributed by atoms with Gasteiger partial charge in [-0.05, 0) is 254 Å². The van der Waals surface area contributed by atoms with Crippen molar-refractivity contribution in [1.82, 2.24) is 0 Å². The highest BCUT2D eigenvalue weighted by Gasteiger charge is 2.56. The number of ketones is 1. The number of hydrogen-bond donors (Lipinski definition) is 2. The molecular weight excluding hydrogens is 1820 g/mol. The average molecular weight is 1930 g/mol. The topological polar surface area (TPSA) is 138 Å². The largest absolute Gasteiger partial charge is 0.868 e. The van der Waals surface area contributed by atoms with Crippen molar-refractivity contribution in [2.75, 3.05) is 0 Å². The second-order valence-electron chi connectivity index (χ2n) is 34.7. The van der Waals surface area contributed by atoms with Gasteiger partial charge in [-0.15, -0.1) is 0 Å². The third-order valence-corrected chi connectivity index (χ3v) is 31.2. The summed E-state index contributed by atoms with van der Waals surface area (Å²) in [5, 5.41) is 38.6. The number of aryl methyl sites for hydroxylation is 2.